The van der Waals surface area contributed by atoms with Gasteiger partial charge in [0.05, 0.1) is 18.0 Å². The molecule has 0 saturated carbocycles. The lowest BCUT2D eigenvalue weighted by atomic mass is 9.92. The quantitative estimate of drug-likeness (QED) is 0.570. The summed E-state index contributed by atoms with van der Waals surface area (Å²) in [7, 11) is 0. The number of halogens is 2. The predicted octanol–water partition coefficient (Wildman–Crippen LogP) is 4.37. The molecule has 0 saturated heterocycles. The fraction of sp³-hybridized carbons (Fsp3) is 0.192. The number of carbonyl (C=O) groups is 3. The third-order valence-corrected chi connectivity index (χ3v) is 6.20. The van der Waals surface area contributed by atoms with E-state index < -0.39 is 29.6 Å². The Hall–Kier alpha value is -3.71. The molecule has 1 aliphatic rings. The number of rotatable bonds is 5. The van der Waals surface area contributed by atoms with E-state index in [1.165, 1.54) is 30.1 Å². The van der Waals surface area contributed by atoms with Gasteiger partial charge in [-0.05, 0) is 43.2 Å². The van der Waals surface area contributed by atoms with E-state index in [-0.39, 0.29) is 22.9 Å². The molecular weight excluding hydrogens is 457 g/mol. The molecule has 0 aromatic heterocycles. The van der Waals surface area contributed by atoms with Gasteiger partial charge in [-0.3, -0.25) is 19.8 Å². The van der Waals surface area contributed by atoms with Gasteiger partial charge in [-0.1, -0.05) is 60.1 Å². The van der Waals surface area contributed by atoms with E-state index >= 15 is 0 Å². The van der Waals surface area contributed by atoms with E-state index in [1.54, 1.807) is 19.1 Å². The number of para-hydroxylation sites is 1. The summed E-state index contributed by atoms with van der Waals surface area (Å²) in [6.07, 6.45) is -0.319. The van der Waals surface area contributed by atoms with Gasteiger partial charge in [-0.15, -0.1) is 0 Å². The van der Waals surface area contributed by atoms with Crippen molar-refractivity contribution in [3.8, 4) is 11.1 Å². The second-order valence-corrected chi connectivity index (χ2v) is 8.55. The number of benzene rings is 3. The predicted molar refractivity (Wildman–Crippen MR) is 129 cm³/mol. The van der Waals surface area contributed by atoms with Crippen LogP contribution >= 0.6 is 11.6 Å². The lowest BCUT2D eigenvalue weighted by Gasteiger charge is -2.27. The summed E-state index contributed by atoms with van der Waals surface area (Å²) in [6, 6.07) is 18.1. The number of fused-ring (bicyclic) bond motifs is 3. The average Bonchev–Trinajstić information content (AvgIpc) is 2.91. The van der Waals surface area contributed by atoms with Gasteiger partial charge >= 0.3 is 0 Å². The number of hydrazine groups is 1. The molecule has 3 aromatic carbocycles. The number of amides is 3. The topological polar surface area (TPSA) is 78.5 Å². The Kier molecular flexibility index (Phi) is 6.65. The first kappa shape index (κ1) is 23.4. The summed E-state index contributed by atoms with van der Waals surface area (Å²) in [5.74, 6) is -2.56. The molecule has 0 fully saturated rings. The maximum absolute atomic E-state index is 14.0. The molecule has 0 aliphatic carbocycles. The summed E-state index contributed by atoms with van der Waals surface area (Å²) in [4.78, 5) is 38.7. The van der Waals surface area contributed by atoms with Crippen LogP contribution in [0.5, 0.6) is 0 Å². The van der Waals surface area contributed by atoms with Crippen LogP contribution in [0.1, 0.15) is 30.9 Å². The van der Waals surface area contributed by atoms with Crippen LogP contribution in [-0.4, -0.2) is 23.8 Å². The summed E-state index contributed by atoms with van der Waals surface area (Å²) >= 11 is 5.99. The molecule has 0 spiro atoms. The van der Waals surface area contributed by atoms with E-state index in [0.29, 0.717) is 5.69 Å². The number of hydrogen-bond acceptors (Lipinski definition) is 3. The summed E-state index contributed by atoms with van der Waals surface area (Å²) in [6.45, 7) is 3.28. The summed E-state index contributed by atoms with van der Waals surface area (Å²) in [5, 5.41) is 3.91. The normalized spacial score (nSPS) is 15.6. The lowest BCUT2D eigenvalue weighted by Crippen LogP contribution is -2.54. The van der Waals surface area contributed by atoms with Crippen molar-refractivity contribution in [1.82, 2.24) is 10.7 Å². The molecule has 174 valence electrons. The first-order chi connectivity index (χ1) is 16.3. The monoisotopic (exact) mass is 479 g/mol. The highest BCUT2D eigenvalue weighted by Crippen LogP contribution is 2.39. The van der Waals surface area contributed by atoms with Crippen LogP contribution in [0.25, 0.3) is 11.1 Å². The Morgan fingerprint density at radius 3 is 2.44 bits per heavy atom. The maximum Gasteiger partial charge on any atom is 0.261 e. The summed E-state index contributed by atoms with van der Waals surface area (Å²) < 4.78 is 14.0. The largest absolute Gasteiger partial charge is 0.344 e. The van der Waals surface area contributed by atoms with Gasteiger partial charge in [0.15, 0.2) is 0 Å². The highest BCUT2D eigenvalue weighted by Gasteiger charge is 2.33. The van der Waals surface area contributed by atoms with Gasteiger partial charge < -0.3 is 5.32 Å². The standard InChI is InChI=1S/C26H23ClFN3O3/c1-15-17-8-3-4-9-18(17)19-10-5-6-13-23(19)31(26(15)34)30-25(33)16(2)29-24(32)14-20-21(27)11-7-12-22(20)28/h3-13,15-16H,14H2,1-2H3,(H,29,32)(H,30,33)/t15?,16-/m0/s1. The molecule has 8 heteroatoms. The average molecular weight is 480 g/mol. The van der Waals surface area contributed by atoms with Crippen LogP contribution in [0, 0.1) is 5.82 Å². The van der Waals surface area contributed by atoms with E-state index in [9.17, 15) is 18.8 Å². The second kappa shape index (κ2) is 9.65. The highest BCUT2D eigenvalue weighted by molar-refractivity contribution is 6.31. The third kappa shape index (κ3) is 4.52. The zero-order valence-corrected chi connectivity index (χ0v) is 19.4. The minimum Gasteiger partial charge on any atom is -0.344 e. The molecule has 3 aromatic rings. The molecule has 34 heavy (non-hydrogen) atoms. The van der Waals surface area contributed by atoms with Crippen molar-refractivity contribution in [3.05, 3.63) is 88.7 Å². The first-order valence-corrected chi connectivity index (χ1v) is 11.2. The first-order valence-electron chi connectivity index (χ1n) is 10.8. The minimum absolute atomic E-state index is 0.0532. The van der Waals surface area contributed by atoms with Gasteiger partial charge in [0.2, 0.25) is 5.91 Å². The Morgan fingerprint density at radius 1 is 1.03 bits per heavy atom. The fourth-order valence-electron chi connectivity index (χ4n) is 4.00. The van der Waals surface area contributed by atoms with Gasteiger partial charge in [0.25, 0.3) is 11.8 Å². The fourth-order valence-corrected chi connectivity index (χ4v) is 4.23. The molecular formula is C26H23ClFN3O3. The van der Waals surface area contributed by atoms with Crippen molar-refractivity contribution in [3.63, 3.8) is 0 Å². The van der Waals surface area contributed by atoms with Crippen molar-refractivity contribution < 1.29 is 18.8 Å². The maximum atomic E-state index is 14.0. The molecule has 0 bridgehead atoms. The van der Waals surface area contributed by atoms with Gasteiger partial charge in [-0.25, -0.2) is 9.40 Å². The molecule has 0 radical (unpaired) electrons. The van der Waals surface area contributed by atoms with Gasteiger partial charge in [0, 0.05) is 16.1 Å². The number of hydrogen-bond donors (Lipinski definition) is 2. The smallest absolute Gasteiger partial charge is 0.261 e. The number of anilines is 1. The van der Waals surface area contributed by atoms with Crippen LogP contribution in [0.4, 0.5) is 10.1 Å². The van der Waals surface area contributed by atoms with Crippen molar-refractivity contribution in [1.29, 1.82) is 0 Å². The number of nitrogens with one attached hydrogen (secondary N) is 2. The van der Waals surface area contributed by atoms with Crippen molar-refractivity contribution in [2.45, 2.75) is 32.2 Å². The second-order valence-electron chi connectivity index (χ2n) is 8.14. The van der Waals surface area contributed by atoms with E-state index in [0.717, 1.165) is 16.7 Å². The molecule has 1 aliphatic heterocycles. The van der Waals surface area contributed by atoms with Gasteiger partial charge in [-0.2, -0.15) is 0 Å². The molecule has 2 N–H and O–H groups in total. The SMILES string of the molecule is CC1C(=O)N(NC(=O)[C@H](C)NC(=O)Cc2c(F)cccc2Cl)c2ccccc2-c2ccccc21. The molecule has 3 amide bonds. The zero-order valence-electron chi connectivity index (χ0n) is 18.6. The Labute approximate surface area is 201 Å². The van der Waals surface area contributed by atoms with Gasteiger partial charge in [0.1, 0.15) is 11.9 Å². The molecule has 2 atom stereocenters. The lowest BCUT2D eigenvalue weighted by molar-refractivity contribution is -0.130. The van der Waals surface area contributed by atoms with E-state index in [1.807, 2.05) is 36.4 Å². The van der Waals surface area contributed by atoms with E-state index in [2.05, 4.69) is 10.7 Å². The van der Waals surface area contributed by atoms with Crippen LogP contribution in [0.2, 0.25) is 5.02 Å². The third-order valence-electron chi connectivity index (χ3n) is 5.85. The number of carbonyl (C=O) groups excluding carboxylic acids is 3. The van der Waals surface area contributed by atoms with Crippen LogP contribution < -0.4 is 15.8 Å². The van der Waals surface area contributed by atoms with Crippen molar-refractivity contribution in [2.24, 2.45) is 0 Å². The molecule has 1 unspecified atom stereocenters. The number of nitrogens with zero attached hydrogens (tertiary/aromatic N) is 1. The molecule has 4 rings (SSSR count). The Bertz CT molecular complexity index is 1260. The van der Waals surface area contributed by atoms with Crippen LogP contribution in [-0.2, 0) is 20.8 Å². The van der Waals surface area contributed by atoms with Crippen molar-refractivity contribution >= 4 is 35.0 Å². The van der Waals surface area contributed by atoms with E-state index in [4.69, 9.17) is 11.6 Å². The minimum atomic E-state index is -0.987. The van der Waals surface area contributed by atoms with Crippen LogP contribution in [0.3, 0.4) is 0 Å². The highest BCUT2D eigenvalue weighted by atomic mass is 35.5. The summed E-state index contributed by atoms with van der Waals surface area (Å²) in [5.41, 5.74) is 5.83. The molecule has 1 heterocycles. The van der Waals surface area contributed by atoms with Crippen molar-refractivity contribution in [2.75, 3.05) is 5.01 Å². The Morgan fingerprint density at radius 2 is 1.71 bits per heavy atom. The zero-order chi connectivity index (χ0) is 24.4. The van der Waals surface area contributed by atoms with Crippen LogP contribution in [0.15, 0.2) is 66.7 Å². The molecule has 6 nitrogen and oxygen atoms in total. The Balaban J connectivity index is 1.53.